The first-order valence-corrected chi connectivity index (χ1v) is 7.84. The topological polar surface area (TPSA) is 48.2 Å². The van der Waals surface area contributed by atoms with Crippen molar-refractivity contribution >= 4 is 0 Å². The van der Waals surface area contributed by atoms with Crippen molar-refractivity contribution in [1.29, 1.82) is 0 Å². The first-order chi connectivity index (χ1) is 9.71. The van der Waals surface area contributed by atoms with Crippen molar-refractivity contribution in [1.82, 2.24) is 10.1 Å². The molecular weight excluding hydrogens is 259 g/mol. The zero-order valence-corrected chi connectivity index (χ0v) is 11.4. The number of rotatable bonds is 2. The first kappa shape index (κ1) is 11.7. The SMILES string of the molecule is FC1CC2(C1)CC(c1nc([C@@H]3C[C@@H]4CC[C@H]3O4)no1)C2. The molecule has 20 heavy (non-hydrogen) atoms. The molecular formula is C15H19FN2O2. The van der Waals surface area contributed by atoms with Crippen LogP contribution in [0.2, 0.25) is 0 Å². The second-order valence-corrected chi connectivity index (χ2v) is 7.32. The molecule has 3 atom stereocenters. The molecule has 2 saturated heterocycles. The highest BCUT2D eigenvalue weighted by Gasteiger charge is 2.55. The number of nitrogens with zero attached hydrogens (tertiary/aromatic N) is 2. The van der Waals surface area contributed by atoms with E-state index in [-0.39, 0.29) is 5.41 Å². The molecule has 0 radical (unpaired) electrons. The number of fused-ring (bicyclic) bond motifs is 2. The maximum absolute atomic E-state index is 13.0. The molecule has 1 spiro atoms. The quantitative estimate of drug-likeness (QED) is 0.834. The highest BCUT2D eigenvalue weighted by molar-refractivity contribution is 5.14. The van der Waals surface area contributed by atoms with Gasteiger partial charge >= 0.3 is 0 Å². The molecule has 0 aromatic carbocycles. The molecule has 0 N–H and O–H groups in total. The van der Waals surface area contributed by atoms with Gasteiger partial charge in [0, 0.05) is 5.92 Å². The van der Waals surface area contributed by atoms with Gasteiger partial charge in [0.15, 0.2) is 5.82 Å². The van der Waals surface area contributed by atoms with Crippen LogP contribution < -0.4 is 0 Å². The van der Waals surface area contributed by atoms with Crippen LogP contribution in [-0.4, -0.2) is 28.5 Å². The van der Waals surface area contributed by atoms with E-state index in [2.05, 4.69) is 10.1 Å². The minimum absolute atomic E-state index is 0.272. The minimum atomic E-state index is -0.569. The van der Waals surface area contributed by atoms with E-state index in [1.807, 2.05) is 0 Å². The Morgan fingerprint density at radius 3 is 2.65 bits per heavy atom. The molecule has 1 aromatic rings. The highest BCUT2D eigenvalue weighted by atomic mass is 19.1. The van der Waals surface area contributed by atoms with Gasteiger partial charge in [0.1, 0.15) is 6.17 Å². The third kappa shape index (κ3) is 1.56. The Morgan fingerprint density at radius 1 is 1.15 bits per heavy atom. The Morgan fingerprint density at radius 2 is 2.00 bits per heavy atom. The number of hydrogen-bond acceptors (Lipinski definition) is 4. The molecule has 0 unspecified atom stereocenters. The van der Waals surface area contributed by atoms with E-state index in [0.29, 0.717) is 24.0 Å². The summed E-state index contributed by atoms with van der Waals surface area (Å²) in [6.07, 6.45) is 7.04. The minimum Gasteiger partial charge on any atom is -0.374 e. The Kier molecular flexibility index (Phi) is 2.22. The molecule has 4 fully saturated rings. The summed E-state index contributed by atoms with van der Waals surface area (Å²) in [6.45, 7) is 0. The lowest BCUT2D eigenvalue weighted by atomic mass is 9.51. The molecule has 2 aliphatic carbocycles. The van der Waals surface area contributed by atoms with Gasteiger partial charge in [0.25, 0.3) is 0 Å². The van der Waals surface area contributed by atoms with Crippen molar-refractivity contribution in [3.63, 3.8) is 0 Å². The van der Waals surface area contributed by atoms with Gasteiger partial charge < -0.3 is 9.26 Å². The van der Waals surface area contributed by atoms with Crippen LogP contribution in [0.5, 0.6) is 0 Å². The predicted molar refractivity (Wildman–Crippen MR) is 68.1 cm³/mol. The summed E-state index contributed by atoms with van der Waals surface area (Å²) in [6, 6.07) is 0. The number of aromatic nitrogens is 2. The van der Waals surface area contributed by atoms with Crippen molar-refractivity contribution in [3.8, 4) is 0 Å². The summed E-state index contributed by atoms with van der Waals surface area (Å²) in [4.78, 5) is 4.62. The third-order valence-electron chi connectivity index (χ3n) is 5.91. The molecule has 1 aromatic heterocycles. The monoisotopic (exact) mass is 278 g/mol. The zero-order chi connectivity index (χ0) is 13.3. The van der Waals surface area contributed by atoms with Gasteiger partial charge in [-0.25, -0.2) is 4.39 Å². The summed E-state index contributed by atoms with van der Waals surface area (Å²) in [5.74, 6) is 2.31. The number of halogens is 1. The van der Waals surface area contributed by atoms with E-state index < -0.39 is 6.17 Å². The summed E-state index contributed by atoms with van der Waals surface area (Å²) in [7, 11) is 0. The van der Waals surface area contributed by atoms with E-state index in [1.165, 1.54) is 6.42 Å². The van der Waals surface area contributed by atoms with Gasteiger partial charge in [-0.05, 0) is 50.4 Å². The van der Waals surface area contributed by atoms with Gasteiger partial charge in [-0.2, -0.15) is 4.98 Å². The van der Waals surface area contributed by atoms with Crippen LogP contribution in [-0.2, 0) is 4.74 Å². The highest BCUT2D eigenvalue weighted by Crippen LogP contribution is 2.62. The molecule has 2 bridgehead atoms. The van der Waals surface area contributed by atoms with E-state index >= 15 is 0 Å². The van der Waals surface area contributed by atoms with E-state index in [4.69, 9.17) is 9.26 Å². The largest absolute Gasteiger partial charge is 0.374 e. The van der Waals surface area contributed by atoms with Crippen LogP contribution >= 0.6 is 0 Å². The standard InChI is InChI=1S/C15H19FN2O2/c16-9-6-15(7-9)4-8(5-15)14-17-13(18-20-14)11-3-10-1-2-12(11)19-10/h8-12H,1-7H2/t8?,9?,10-,11+,12+,15?/m0/s1. The number of ether oxygens (including phenoxy) is 1. The zero-order valence-electron chi connectivity index (χ0n) is 11.4. The smallest absolute Gasteiger partial charge is 0.229 e. The summed E-state index contributed by atoms with van der Waals surface area (Å²) >= 11 is 0. The second-order valence-electron chi connectivity index (χ2n) is 7.32. The molecule has 108 valence electrons. The second kappa shape index (κ2) is 3.81. The van der Waals surface area contributed by atoms with Crippen LogP contribution in [0.4, 0.5) is 4.39 Å². The van der Waals surface area contributed by atoms with Gasteiger partial charge in [-0.3, -0.25) is 0 Å². The van der Waals surface area contributed by atoms with Gasteiger partial charge in [-0.1, -0.05) is 5.16 Å². The molecule has 0 amide bonds. The van der Waals surface area contributed by atoms with Crippen LogP contribution in [0.25, 0.3) is 0 Å². The molecule has 5 heteroatoms. The lowest BCUT2D eigenvalue weighted by molar-refractivity contribution is -0.0616. The summed E-state index contributed by atoms with van der Waals surface area (Å²) < 4.78 is 24.3. The molecule has 3 heterocycles. The molecule has 4 aliphatic rings. The molecule has 5 rings (SSSR count). The predicted octanol–water partition coefficient (Wildman–Crippen LogP) is 3.10. The Balaban J connectivity index is 1.28. The Labute approximate surface area is 117 Å². The van der Waals surface area contributed by atoms with Crippen LogP contribution in [0.1, 0.15) is 68.5 Å². The number of hydrogen-bond donors (Lipinski definition) is 0. The van der Waals surface area contributed by atoms with Gasteiger partial charge in [0.2, 0.25) is 5.89 Å². The Bertz CT molecular complexity index is 532. The molecule has 2 aliphatic heterocycles. The normalized spacial score (nSPS) is 49.4. The van der Waals surface area contributed by atoms with Crippen molar-refractivity contribution in [2.75, 3.05) is 0 Å². The van der Waals surface area contributed by atoms with Crippen molar-refractivity contribution in [2.24, 2.45) is 5.41 Å². The third-order valence-corrected chi connectivity index (χ3v) is 5.91. The van der Waals surface area contributed by atoms with Crippen LogP contribution in [0, 0.1) is 5.41 Å². The maximum atomic E-state index is 13.0. The summed E-state index contributed by atoms with van der Waals surface area (Å²) in [5, 5.41) is 4.19. The lowest BCUT2D eigenvalue weighted by Crippen LogP contribution is -2.47. The fourth-order valence-corrected chi connectivity index (χ4v) is 4.85. The van der Waals surface area contributed by atoms with Crippen molar-refractivity contribution < 1.29 is 13.7 Å². The van der Waals surface area contributed by atoms with Crippen molar-refractivity contribution in [2.45, 2.75) is 75.2 Å². The molecule has 2 saturated carbocycles. The van der Waals surface area contributed by atoms with Gasteiger partial charge in [-0.15, -0.1) is 0 Å². The molecule has 4 nitrogen and oxygen atoms in total. The summed E-state index contributed by atoms with van der Waals surface area (Å²) in [5.41, 5.74) is 0.272. The van der Waals surface area contributed by atoms with Crippen LogP contribution in [0.3, 0.4) is 0 Å². The average molecular weight is 278 g/mol. The van der Waals surface area contributed by atoms with E-state index in [9.17, 15) is 4.39 Å². The number of alkyl halides is 1. The lowest BCUT2D eigenvalue weighted by Gasteiger charge is -2.54. The van der Waals surface area contributed by atoms with E-state index in [1.54, 1.807) is 0 Å². The van der Waals surface area contributed by atoms with E-state index in [0.717, 1.165) is 50.2 Å². The maximum Gasteiger partial charge on any atom is 0.229 e. The van der Waals surface area contributed by atoms with Crippen LogP contribution in [0.15, 0.2) is 4.52 Å². The van der Waals surface area contributed by atoms with Gasteiger partial charge in [0.05, 0.1) is 18.1 Å². The average Bonchev–Trinajstić information content (AvgIpc) is 3.06. The van der Waals surface area contributed by atoms with Crippen molar-refractivity contribution in [3.05, 3.63) is 11.7 Å². The fraction of sp³-hybridized carbons (Fsp3) is 0.867. The first-order valence-electron chi connectivity index (χ1n) is 7.84. The fourth-order valence-electron chi connectivity index (χ4n) is 4.85. The Hall–Kier alpha value is -0.970.